The lowest BCUT2D eigenvalue weighted by atomic mass is 10.1. The van der Waals surface area contributed by atoms with Gasteiger partial charge in [-0.3, -0.25) is 9.59 Å². The molecule has 0 N–H and O–H groups in total. The zero-order chi connectivity index (χ0) is 24.6. The van der Waals surface area contributed by atoms with Gasteiger partial charge in [-0.1, -0.05) is 0 Å². The topological polar surface area (TPSA) is 102 Å². The highest BCUT2D eigenvalue weighted by atomic mass is 32.2. The maximum atomic E-state index is 13.3. The third kappa shape index (κ3) is 4.95. The highest BCUT2D eigenvalue weighted by molar-refractivity contribution is 7.89. The smallest absolute Gasteiger partial charge is 0.300 e. The van der Waals surface area contributed by atoms with Crippen LogP contribution in [0.3, 0.4) is 0 Å². The number of nitriles is 1. The van der Waals surface area contributed by atoms with Crippen molar-refractivity contribution in [1.29, 1.82) is 5.26 Å². The molecular weight excluding hydrogens is 461 g/mol. The van der Waals surface area contributed by atoms with Gasteiger partial charge < -0.3 is 4.90 Å². The number of hydrogen-bond donors (Lipinski definition) is 0. The molecule has 33 heavy (non-hydrogen) atoms. The summed E-state index contributed by atoms with van der Waals surface area (Å²) in [5, 5.41) is 8.95. The van der Waals surface area contributed by atoms with E-state index < -0.39 is 39.1 Å². The van der Waals surface area contributed by atoms with Crippen LogP contribution < -0.4 is 4.90 Å². The first-order valence-electron chi connectivity index (χ1n) is 10.3. The summed E-state index contributed by atoms with van der Waals surface area (Å²) in [6.45, 7) is 5.05. The van der Waals surface area contributed by atoms with Crippen LogP contribution in [0.2, 0.25) is 0 Å². The first-order chi connectivity index (χ1) is 15.4. The normalized spacial score (nSPS) is 18.8. The average Bonchev–Trinajstić information content (AvgIpc) is 2.99. The highest BCUT2D eigenvalue weighted by Gasteiger charge is 2.39. The molecule has 2 heterocycles. The molecule has 2 aliphatic heterocycles. The largest absolute Gasteiger partial charge is 0.417 e. The van der Waals surface area contributed by atoms with E-state index in [2.05, 4.69) is 0 Å². The average molecular weight is 485 g/mol. The van der Waals surface area contributed by atoms with Gasteiger partial charge in [-0.15, -0.1) is 0 Å². The fourth-order valence-electron chi connectivity index (χ4n) is 3.90. The Bertz CT molecular complexity index is 1150. The SMILES string of the molecule is CCS(=O)(=O)N1CCN(CCC2=C(C)C(=O)N(c3ccc(C#N)c(C(F)(F)F)c3)C2=O)CC1. The van der Waals surface area contributed by atoms with Crippen molar-refractivity contribution in [2.75, 3.05) is 43.4 Å². The van der Waals surface area contributed by atoms with Crippen LogP contribution in [0.1, 0.15) is 31.4 Å². The van der Waals surface area contributed by atoms with Crippen molar-refractivity contribution in [3.63, 3.8) is 0 Å². The number of hydrogen-bond acceptors (Lipinski definition) is 6. The van der Waals surface area contributed by atoms with Crippen LogP contribution in [-0.4, -0.2) is 67.9 Å². The maximum absolute atomic E-state index is 13.3. The Morgan fingerprint density at radius 1 is 1.09 bits per heavy atom. The summed E-state index contributed by atoms with van der Waals surface area (Å²) < 4.78 is 65.3. The summed E-state index contributed by atoms with van der Waals surface area (Å²) in [6.07, 6.45) is -4.61. The summed E-state index contributed by atoms with van der Waals surface area (Å²) >= 11 is 0. The molecular formula is C21H23F3N4O4S. The molecule has 0 saturated carbocycles. The number of piperazine rings is 1. The number of carbonyl (C=O) groups excluding carboxylic acids is 2. The molecule has 2 aliphatic rings. The van der Waals surface area contributed by atoms with Gasteiger partial charge >= 0.3 is 6.18 Å². The van der Waals surface area contributed by atoms with E-state index in [0.717, 1.165) is 12.1 Å². The van der Waals surface area contributed by atoms with Gasteiger partial charge in [-0.05, 0) is 38.5 Å². The third-order valence-corrected chi connectivity index (χ3v) is 7.77. The van der Waals surface area contributed by atoms with Crippen LogP contribution in [0.4, 0.5) is 18.9 Å². The zero-order valence-corrected chi connectivity index (χ0v) is 19.0. The summed E-state index contributed by atoms with van der Waals surface area (Å²) in [5.41, 5.74) is -1.69. The summed E-state index contributed by atoms with van der Waals surface area (Å²) in [5.74, 6) is -1.37. The zero-order valence-electron chi connectivity index (χ0n) is 18.1. The molecule has 1 aromatic rings. The highest BCUT2D eigenvalue weighted by Crippen LogP contribution is 2.36. The lowest BCUT2D eigenvalue weighted by Crippen LogP contribution is -2.49. The van der Waals surface area contributed by atoms with Gasteiger partial charge in [0.15, 0.2) is 0 Å². The molecule has 1 aromatic carbocycles. The number of alkyl halides is 3. The fraction of sp³-hybridized carbons (Fsp3) is 0.476. The monoisotopic (exact) mass is 484 g/mol. The van der Waals surface area contributed by atoms with E-state index >= 15 is 0 Å². The Labute approximate surface area is 189 Å². The quantitative estimate of drug-likeness (QED) is 0.574. The van der Waals surface area contributed by atoms with Crippen LogP contribution in [0.5, 0.6) is 0 Å². The molecule has 0 unspecified atom stereocenters. The number of imide groups is 1. The Kier molecular flexibility index (Phi) is 6.97. The number of anilines is 1. The van der Waals surface area contributed by atoms with Crippen LogP contribution in [0.15, 0.2) is 29.3 Å². The Morgan fingerprint density at radius 3 is 2.27 bits per heavy atom. The first kappa shape index (κ1) is 24.9. The van der Waals surface area contributed by atoms with Crippen molar-refractivity contribution >= 4 is 27.5 Å². The van der Waals surface area contributed by atoms with E-state index in [1.807, 2.05) is 4.90 Å². The van der Waals surface area contributed by atoms with Gasteiger partial charge in [0.25, 0.3) is 11.8 Å². The molecule has 12 heteroatoms. The van der Waals surface area contributed by atoms with Crippen LogP contribution in [0, 0.1) is 11.3 Å². The van der Waals surface area contributed by atoms with Gasteiger partial charge in [-0.2, -0.15) is 22.7 Å². The number of nitrogens with zero attached hydrogens (tertiary/aromatic N) is 4. The molecule has 8 nitrogen and oxygen atoms in total. The van der Waals surface area contributed by atoms with Gasteiger partial charge in [0.2, 0.25) is 10.0 Å². The summed E-state index contributed by atoms with van der Waals surface area (Å²) in [7, 11) is -3.27. The number of halogens is 3. The molecule has 0 aliphatic carbocycles. The molecule has 0 atom stereocenters. The van der Waals surface area contributed by atoms with Gasteiger partial charge in [0, 0.05) is 43.9 Å². The number of carbonyl (C=O) groups is 2. The minimum Gasteiger partial charge on any atom is -0.300 e. The van der Waals surface area contributed by atoms with Crippen molar-refractivity contribution < 1.29 is 31.2 Å². The molecule has 0 aromatic heterocycles. The van der Waals surface area contributed by atoms with E-state index in [1.165, 1.54) is 17.3 Å². The fourth-order valence-corrected chi connectivity index (χ4v) is 4.99. The Morgan fingerprint density at radius 2 is 1.73 bits per heavy atom. The number of rotatable bonds is 6. The minimum atomic E-state index is -4.81. The summed E-state index contributed by atoms with van der Waals surface area (Å²) in [4.78, 5) is 28.3. The lowest BCUT2D eigenvalue weighted by molar-refractivity contribution is -0.138. The number of amides is 2. The van der Waals surface area contributed by atoms with Crippen molar-refractivity contribution in [2.45, 2.75) is 26.4 Å². The predicted octanol–water partition coefficient (Wildman–Crippen LogP) is 2.12. The van der Waals surface area contributed by atoms with Gasteiger partial charge in [0.1, 0.15) is 0 Å². The molecule has 3 rings (SSSR count). The maximum Gasteiger partial charge on any atom is 0.417 e. The Hall–Kier alpha value is -2.75. The van der Waals surface area contributed by atoms with E-state index in [1.54, 1.807) is 6.92 Å². The van der Waals surface area contributed by atoms with Crippen molar-refractivity contribution in [2.24, 2.45) is 0 Å². The van der Waals surface area contributed by atoms with E-state index in [4.69, 9.17) is 5.26 Å². The molecule has 0 bridgehead atoms. The number of sulfonamides is 1. The second-order valence-corrected chi connectivity index (χ2v) is 10.0. The molecule has 2 amide bonds. The van der Waals surface area contributed by atoms with E-state index in [9.17, 15) is 31.2 Å². The second-order valence-electron chi connectivity index (χ2n) is 7.78. The number of benzene rings is 1. The standard InChI is InChI=1S/C21H23F3N4O4S/c1-3-33(31,32)27-10-8-26(9-11-27)7-6-17-14(2)19(29)28(20(17)30)16-5-4-15(13-25)18(12-16)21(22,23)24/h4-5,12H,3,6-11H2,1-2H3. The second kappa shape index (κ2) is 9.24. The molecule has 178 valence electrons. The van der Waals surface area contributed by atoms with Crippen molar-refractivity contribution in [3.05, 3.63) is 40.5 Å². The van der Waals surface area contributed by atoms with E-state index in [0.29, 0.717) is 43.7 Å². The van der Waals surface area contributed by atoms with Crippen LogP contribution >= 0.6 is 0 Å². The van der Waals surface area contributed by atoms with Crippen molar-refractivity contribution in [1.82, 2.24) is 9.21 Å². The lowest BCUT2D eigenvalue weighted by Gasteiger charge is -2.33. The first-order valence-corrected chi connectivity index (χ1v) is 11.9. The predicted molar refractivity (Wildman–Crippen MR) is 113 cm³/mol. The summed E-state index contributed by atoms with van der Waals surface area (Å²) in [6, 6.07) is 4.19. The molecule has 1 saturated heterocycles. The van der Waals surface area contributed by atoms with Crippen molar-refractivity contribution in [3.8, 4) is 6.07 Å². The third-order valence-electron chi connectivity index (χ3n) is 5.89. The molecule has 0 spiro atoms. The minimum absolute atomic E-state index is 0.0247. The van der Waals surface area contributed by atoms with E-state index in [-0.39, 0.29) is 29.0 Å². The molecule has 0 radical (unpaired) electrons. The van der Waals surface area contributed by atoms with Crippen LogP contribution in [-0.2, 0) is 25.8 Å². The molecule has 1 fully saturated rings. The van der Waals surface area contributed by atoms with Gasteiger partial charge in [-0.25, -0.2) is 13.3 Å². The Balaban J connectivity index is 1.72. The van der Waals surface area contributed by atoms with Crippen LogP contribution in [0.25, 0.3) is 0 Å². The van der Waals surface area contributed by atoms with Gasteiger partial charge in [0.05, 0.1) is 28.6 Å².